The zero-order valence-electron chi connectivity index (χ0n) is 11.1. The lowest BCUT2D eigenvalue weighted by molar-refractivity contribution is -0.141. The third kappa shape index (κ3) is 2.71. The highest BCUT2D eigenvalue weighted by Crippen LogP contribution is 2.34. The second-order valence-corrected chi connectivity index (χ2v) is 5.58. The number of hydrogen-bond donors (Lipinski definition) is 0. The third-order valence-electron chi connectivity index (χ3n) is 3.05. The minimum Gasteiger partial charge on any atom is -0.232 e. The van der Waals surface area contributed by atoms with Crippen LogP contribution in [-0.2, 0) is 6.18 Å². The molecule has 0 radical (unpaired) electrons. The fraction of sp³-hybridized carbons (Fsp3) is 0.133. The lowest BCUT2D eigenvalue weighted by atomic mass is 10.2. The normalized spacial score (nSPS) is 11.8. The van der Waals surface area contributed by atoms with E-state index in [1.165, 1.54) is 16.0 Å². The average molecular weight is 308 g/mol. The van der Waals surface area contributed by atoms with E-state index in [0.29, 0.717) is 11.4 Å². The van der Waals surface area contributed by atoms with Gasteiger partial charge in [-0.15, -0.1) is 11.3 Å². The van der Waals surface area contributed by atoms with E-state index in [0.717, 1.165) is 16.5 Å². The van der Waals surface area contributed by atoms with Crippen molar-refractivity contribution in [3.8, 4) is 16.3 Å². The van der Waals surface area contributed by atoms with Crippen molar-refractivity contribution in [1.29, 1.82) is 0 Å². The quantitative estimate of drug-likeness (QED) is 0.656. The molecule has 1 aromatic carbocycles. The number of alkyl halides is 3. The number of aromatic nitrogens is 2. The summed E-state index contributed by atoms with van der Waals surface area (Å²) >= 11 is 1.38. The van der Waals surface area contributed by atoms with Gasteiger partial charge in [-0.2, -0.15) is 18.3 Å². The van der Waals surface area contributed by atoms with Crippen LogP contribution in [0.5, 0.6) is 0 Å². The van der Waals surface area contributed by atoms with Crippen molar-refractivity contribution < 1.29 is 13.2 Å². The van der Waals surface area contributed by atoms with Crippen LogP contribution in [0.2, 0.25) is 0 Å². The van der Waals surface area contributed by atoms with Crippen molar-refractivity contribution in [3.63, 3.8) is 0 Å². The third-order valence-corrected chi connectivity index (χ3v) is 3.94. The maximum Gasteiger partial charge on any atom is 0.435 e. The van der Waals surface area contributed by atoms with Gasteiger partial charge >= 0.3 is 6.18 Å². The molecule has 2 nitrogen and oxygen atoms in total. The zero-order chi connectivity index (χ0) is 15.0. The number of aryl methyl sites for hydroxylation is 1. The van der Waals surface area contributed by atoms with E-state index in [9.17, 15) is 13.2 Å². The number of thiophene rings is 1. The highest BCUT2D eigenvalue weighted by Gasteiger charge is 2.35. The molecule has 0 spiro atoms. The summed E-state index contributed by atoms with van der Waals surface area (Å²) in [4.78, 5) is 0.749. The number of rotatable bonds is 2. The summed E-state index contributed by atoms with van der Waals surface area (Å²) in [6.07, 6.45) is -4.46. The van der Waals surface area contributed by atoms with Gasteiger partial charge in [0, 0.05) is 0 Å². The largest absolute Gasteiger partial charge is 0.435 e. The first-order chi connectivity index (χ1) is 9.95. The molecule has 0 aliphatic carbocycles. The van der Waals surface area contributed by atoms with E-state index in [2.05, 4.69) is 5.10 Å². The molecule has 0 N–H and O–H groups in total. The molecule has 0 fully saturated rings. The van der Waals surface area contributed by atoms with Gasteiger partial charge in [0.15, 0.2) is 5.69 Å². The van der Waals surface area contributed by atoms with E-state index in [1.54, 1.807) is 24.3 Å². The number of halogens is 3. The van der Waals surface area contributed by atoms with Crippen LogP contribution in [0.4, 0.5) is 13.2 Å². The van der Waals surface area contributed by atoms with E-state index in [1.807, 2.05) is 24.4 Å². The molecule has 3 rings (SSSR count). The van der Waals surface area contributed by atoms with E-state index in [4.69, 9.17) is 0 Å². The molecule has 3 aromatic rings. The molecule has 21 heavy (non-hydrogen) atoms. The summed E-state index contributed by atoms with van der Waals surface area (Å²) in [5.41, 5.74) is 1.21. The maximum atomic E-state index is 12.9. The van der Waals surface area contributed by atoms with E-state index >= 15 is 0 Å². The first kappa shape index (κ1) is 13.9. The van der Waals surface area contributed by atoms with Crippen molar-refractivity contribution in [2.75, 3.05) is 0 Å². The molecule has 0 unspecified atom stereocenters. The lowest BCUT2D eigenvalue weighted by Gasteiger charge is -2.06. The van der Waals surface area contributed by atoms with Crippen molar-refractivity contribution >= 4 is 11.3 Å². The molecule has 0 saturated heterocycles. The average Bonchev–Trinajstić information content (AvgIpc) is 3.07. The van der Waals surface area contributed by atoms with Gasteiger partial charge in [0.2, 0.25) is 0 Å². The van der Waals surface area contributed by atoms with Crippen molar-refractivity contribution in [2.24, 2.45) is 0 Å². The van der Waals surface area contributed by atoms with Gasteiger partial charge < -0.3 is 0 Å². The number of nitrogens with zero attached hydrogens (tertiary/aromatic N) is 2. The Morgan fingerprint density at radius 1 is 1.10 bits per heavy atom. The molecule has 2 aromatic heterocycles. The lowest BCUT2D eigenvalue weighted by Crippen LogP contribution is -2.07. The summed E-state index contributed by atoms with van der Waals surface area (Å²) in [5, 5.41) is 5.56. The molecular formula is C15H11F3N2S. The van der Waals surface area contributed by atoms with Crippen LogP contribution < -0.4 is 0 Å². The molecule has 2 heterocycles. The Morgan fingerprint density at radius 3 is 2.38 bits per heavy atom. The summed E-state index contributed by atoms with van der Waals surface area (Å²) < 4.78 is 40.1. The van der Waals surface area contributed by atoms with Crippen LogP contribution in [0.3, 0.4) is 0 Å². The van der Waals surface area contributed by atoms with Gasteiger partial charge in [0.25, 0.3) is 0 Å². The fourth-order valence-electron chi connectivity index (χ4n) is 2.00. The first-order valence-electron chi connectivity index (χ1n) is 6.23. The Morgan fingerprint density at radius 2 is 1.81 bits per heavy atom. The van der Waals surface area contributed by atoms with Crippen LogP contribution in [0, 0.1) is 6.92 Å². The minimum atomic E-state index is -4.46. The first-order valence-corrected chi connectivity index (χ1v) is 7.11. The monoisotopic (exact) mass is 308 g/mol. The number of benzene rings is 1. The Bertz CT molecular complexity index is 740. The molecule has 0 saturated carbocycles. The van der Waals surface area contributed by atoms with E-state index in [-0.39, 0.29) is 0 Å². The van der Waals surface area contributed by atoms with E-state index < -0.39 is 11.9 Å². The summed E-state index contributed by atoms with van der Waals surface area (Å²) in [6.45, 7) is 1.92. The molecule has 0 bridgehead atoms. The molecule has 0 atom stereocenters. The Hall–Kier alpha value is -2.08. The SMILES string of the molecule is Cc1ccc(-n2nc(C(F)(F)F)cc2-c2cccs2)cc1. The van der Waals surface area contributed by atoms with Crippen LogP contribution in [0.15, 0.2) is 47.8 Å². The molecular weight excluding hydrogens is 297 g/mol. The van der Waals surface area contributed by atoms with Crippen LogP contribution in [0.1, 0.15) is 11.3 Å². The second kappa shape index (κ2) is 5.04. The second-order valence-electron chi connectivity index (χ2n) is 4.64. The van der Waals surface area contributed by atoms with Crippen LogP contribution in [0.25, 0.3) is 16.3 Å². The van der Waals surface area contributed by atoms with Crippen LogP contribution >= 0.6 is 11.3 Å². The van der Waals surface area contributed by atoms with Gasteiger partial charge in [-0.1, -0.05) is 23.8 Å². The molecule has 0 amide bonds. The highest BCUT2D eigenvalue weighted by atomic mass is 32.1. The topological polar surface area (TPSA) is 17.8 Å². The molecule has 0 aliphatic rings. The number of hydrogen-bond acceptors (Lipinski definition) is 2. The Balaban J connectivity index is 2.18. The predicted molar refractivity (Wildman–Crippen MR) is 76.6 cm³/mol. The van der Waals surface area contributed by atoms with Crippen molar-refractivity contribution in [1.82, 2.24) is 9.78 Å². The Labute approximate surface area is 123 Å². The van der Waals surface area contributed by atoms with Gasteiger partial charge in [-0.05, 0) is 36.6 Å². The maximum absolute atomic E-state index is 12.9. The minimum absolute atomic E-state index is 0.446. The van der Waals surface area contributed by atoms with Crippen LogP contribution in [-0.4, -0.2) is 9.78 Å². The highest BCUT2D eigenvalue weighted by molar-refractivity contribution is 7.13. The molecule has 6 heteroatoms. The van der Waals surface area contributed by atoms with Gasteiger partial charge in [-0.25, -0.2) is 4.68 Å². The predicted octanol–water partition coefficient (Wildman–Crippen LogP) is 4.93. The zero-order valence-corrected chi connectivity index (χ0v) is 11.9. The summed E-state index contributed by atoms with van der Waals surface area (Å²) in [6, 6.07) is 11.9. The summed E-state index contributed by atoms with van der Waals surface area (Å²) in [7, 11) is 0. The van der Waals surface area contributed by atoms with Crippen molar-refractivity contribution in [3.05, 3.63) is 59.1 Å². The fourth-order valence-corrected chi connectivity index (χ4v) is 2.73. The summed E-state index contributed by atoms with van der Waals surface area (Å²) in [5.74, 6) is 0. The standard InChI is InChI=1S/C15H11F3N2S/c1-10-4-6-11(7-5-10)20-12(13-3-2-8-21-13)9-14(19-20)15(16,17)18/h2-9H,1H3. The Kier molecular flexibility index (Phi) is 3.33. The molecule has 0 aliphatic heterocycles. The van der Waals surface area contributed by atoms with Gasteiger partial charge in [0.1, 0.15) is 0 Å². The van der Waals surface area contributed by atoms with Crippen molar-refractivity contribution in [2.45, 2.75) is 13.1 Å². The smallest absolute Gasteiger partial charge is 0.232 e. The van der Waals surface area contributed by atoms with Gasteiger partial charge in [-0.3, -0.25) is 0 Å². The van der Waals surface area contributed by atoms with Gasteiger partial charge in [0.05, 0.1) is 16.3 Å². The molecule has 108 valence electrons.